The van der Waals surface area contributed by atoms with Gasteiger partial charge in [0.05, 0.1) is 16.8 Å². The average molecular weight is 471 g/mol. The minimum absolute atomic E-state index is 0.0358. The first kappa shape index (κ1) is 22.5. The number of carbonyl (C=O) groups is 1. The Morgan fingerprint density at radius 2 is 1.78 bits per heavy atom. The third kappa shape index (κ3) is 5.05. The van der Waals surface area contributed by atoms with Gasteiger partial charge in [-0.15, -0.1) is 10.2 Å². The highest BCUT2D eigenvalue weighted by molar-refractivity contribution is 8.00. The number of carbonyl (C=O) groups excluding carboxylic acids is 1. The predicted octanol–water partition coefficient (Wildman–Crippen LogP) is 2.98. The average Bonchev–Trinajstić information content (AvgIpc) is 3.36. The summed E-state index contributed by atoms with van der Waals surface area (Å²) >= 11 is 1.34. The molecule has 32 heavy (non-hydrogen) atoms. The van der Waals surface area contributed by atoms with Crippen molar-refractivity contribution in [3.8, 4) is 5.69 Å². The molecule has 0 aliphatic carbocycles. The number of rotatable bonds is 7. The van der Waals surface area contributed by atoms with Crippen molar-refractivity contribution in [2.24, 2.45) is 0 Å². The lowest BCUT2D eigenvalue weighted by atomic mass is 10.1. The Kier molecular flexibility index (Phi) is 6.66. The summed E-state index contributed by atoms with van der Waals surface area (Å²) in [6.07, 6.45) is 1.11. The molecular formula is C23H26N4O3S2. The van der Waals surface area contributed by atoms with E-state index < -0.39 is 15.1 Å². The molecule has 3 aromatic rings. The summed E-state index contributed by atoms with van der Waals surface area (Å²) in [4.78, 5) is 14.6. The Hall–Kier alpha value is -2.65. The molecule has 4 rings (SSSR count). The zero-order valence-electron chi connectivity index (χ0n) is 18.1. The standard InChI is InChI=1S/C23H26N4O3S2/c1-17(22(28)26(2)20-13-14-32(29,30)16-20)31-23-25-24-21(15-18-9-5-3-6-10-18)27(23)19-11-7-4-8-12-19/h3-12,17,20H,13-16H2,1-2H3. The van der Waals surface area contributed by atoms with E-state index in [9.17, 15) is 13.2 Å². The van der Waals surface area contributed by atoms with E-state index >= 15 is 0 Å². The molecule has 0 radical (unpaired) electrons. The van der Waals surface area contributed by atoms with Crippen molar-refractivity contribution in [1.29, 1.82) is 0 Å². The van der Waals surface area contributed by atoms with Crippen LogP contribution in [-0.2, 0) is 21.1 Å². The zero-order chi connectivity index (χ0) is 22.7. The van der Waals surface area contributed by atoms with Gasteiger partial charge in [0.1, 0.15) is 5.82 Å². The van der Waals surface area contributed by atoms with E-state index in [-0.39, 0.29) is 23.5 Å². The molecule has 0 saturated carbocycles. The third-order valence-corrected chi connectivity index (χ3v) is 8.43. The number of sulfone groups is 1. The Bertz CT molecular complexity index is 1180. The van der Waals surface area contributed by atoms with Crippen LogP contribution in [-0.4, -0.2) is 63.8 Å². The number of para-hydroxylation sites is 1. The first-order chi connectivity index (χ1) is 15.3. The van der Waals surface area contributed by atoms with Gasteiger partial charge in [0.15, 0.2) is 15.0 Å². The summed E-state index contributed by atoms with van der Waals surface area (Å²) in [7, 11) is -1.37. The lowest BCUT2D eigenvalue weighted by Crippen LogP contribution is -2.41. The van der Waals surface area contributed by atoms with Crippen LogP contribution in [0.2, 0.25) is 0 Å². The smallest absolute Gasteiger partial charge is 0.235 e. The van der Waals surface area contributed by atoms with Gasteiger partial charge in [0, 0.05) is 25.2 Å². The maximum absolute atomic E-state index is 13.0. The van der Waals surface area contributed by atoms with Crippen LogP contribution in [0.1, 0.15) is 24.7 Å². The number of nitrogens with zero attached hydrogens (tertiary/aromatic N) is 4. The summed E-state index contributed by atoms with van der Waals surface area (Å²) < 4.78 is 25.6. The first-order valence-corrected chi connectivity index (χ1v) is 13.2. The summed E-state index contributed by atoms with van der Waals surface area (Å²) in [5.74, 6) is 0.861. The Morgan fingerprint density at radius 1 is 1.12 bits per heavy atom. The number of thioether (sulfide) groups is 1. The maximum atomic E-state index is 13.0. The van der Waals surface area contributed by atoms with Crippen molar-refractivity contribution in [2.45, 2.75) is 36.2 Å². The lowest BCUT2D eigenvalue weighted by Gasteiger charge is -2.26. The molecule has 1 fully saturated rings. The van der Waals surface area contributed by atoms with Crippen LogP contribution in [0.5, 0.6) is 0 Å². The predicted molar refractivity (Wildman–Crippen MR) is 126 cm³/mol. The number of benzene rings is 2. The van der Waals surface area contributed by atoms with Gasteiger partial charge in [0.2, 0.25) is 5.91 Å². The summed E-state index contributed by atoms with van der Waals surface area (Å²) in [6, 6.07) is 19.6. The van der Waals surface area contributed by atoms with Crippen LogP contribution in [0, 0.1) is 0 Å². The van der Waals surface area contributed by atoms with E-state index in [0.717, 1.165) is 17.1 Å². The Labute approximate surface area is 192 Å². The van der Waals surface area contributed by atoms with Gasteiger partial charge in [-0.3, -0.25) is 9.36 Å². The van der Waals surface area contributed by atoms with Gasteiger partial charge >= 0.3 is 0 Å². The Balaban J connectivity index is 1.57. The lowest BCUT2D eigenvalue weighted by molar-refractivity contribution is -0.130. The molecule has 2 aromatic carbocycles. The maximum Gasteiger partial charge on any atom is 0.235 e. The topological polar surface area (TPSA) is 85.2 Å². The van der Waals surface area contributed by atoms with E-state index in [0.29, 0.717) is 18.0 Å². The molecule has 0 N–H and O–H groups in total. The van der Waals surface area contributed by atoms with Crippen molar-refractivity contribution in [3.05, 3.63) is 72.1 Å². The largest absolute Gasteiger partial charge is 0.341 e. The molecule has 1 aliphatic heterocycles. The minimum Gasteiger partial charge on any atom is -0.341 e. The molecule has 1 aromatic heterocycles. The summed E-state index contributed by atoms with van der Waals surface area (Å²) in [5, 5.41) is 9.03. The first-order valence-electron chi connectivity index (χ1n) is 10.5. The van der Waals surface area contributed by atoms with Crippen molar-refractivity contribution >= 4 is 27.5 Å². The molecule has 2 atom stereocenters. The molecule has 1 aliphatic rings. The molecular weight excluding hydrogens is 444 g/mol. The number of aromatic nitrogens is 3. The van der Waals surface area contributed by atoms with E-state index in [4.69, 9.17) is 0 Å². The van der Waals surface area contributed by atoms with Gasteiger partial charge in [-0.05, 0) is 31.0 Å². The molecule has 7 nitrogen and oxygen atoms in total. The molecule has 0 bridgehead atoms. The summed E-state index contributed by atoms with van der Waals surface area (Å²) in [5.41, 5.74) is 2.06. The quantitative estimate of drug-likeness (QED) is 0.494. The third-order valence-electron chi connectivity index (χ3n) is 5.65. The van der Waals surface area contributed by atoms with Gasteiger partial charge < -0.3 is 4.90 Å². The fourth-order valence-electron chi connectivity index (χ4n) is 3.86. The molecule has 1 amide bonds. The van der Waals surface area contributed by atoms with Gasteiger partial charge in [-0.2, -0.15) is 0 Å². The molecule has 2 unspecified atom stereocenters. The highest BCUT2D eigenvalue weighted by atomic mass is 32.2. The van der Waals surface area contributed by atoms with Gasteiger partial charge in [0.25, 0.3) is 0 Å². The molecule has 9 heteroatoms. The number of hydrogen-bond acceptors (Lipinski definition) is 6. The number of amides is 1. The van der Waals surface area contributed by atoms with E-state index in [1.165, 1.54) is 11.8 Å². The second-order valence-electron chi connectivity index (χ2n) is 8.00. The van der Waals surface area contributed by atoms with Crippen LogP contribution < -0.4 is 0 Å². The monoisotopic (exact) mass is 470 g/mol. The zero-order valence-corrected chi connectivity index (χ0v) is 19.7. The van der Waals surface area contributed by atoms with Crippen LogP contribution in [0.3, 0.4) is 0 Å². The second kappa shape index (κ2) is 9.46. The molecule has 2 heterocycles. The van der Waals surface area contributed by atoms with Crippen molar-refractivity contribution in [2.75, 3.05) is 18.6 Å². The highest BCUT2D eigenvalue weighted by Crippen LogP contribution is 2.28. The number of hydrogen-bond donors (Lipinski definition) is 0. The minimum atomic E-state index is -3.05. The fraction of sp³-hybridized carbons (Fsp3) is 0.348. The van der Waals surface area contributed by atoms with Crippen LogP contribution in [0.25, 0.3) is 5.69 Å². The van der Waals surface area contributed by atoms with Crippen LogP contribution in [0.15, 0.2) is 65.8 Å². The van der Waals surface area contributed by atoms with E-state index in [2.05, 4.69) is 10.2 Å². The molecule has 0 spiro atoms. The highest BCUT2D eigenvalue weighted by Gasteiger charge is 2.34. The van der Waals surface area contributed by atoms with Crippen LogP contribution in [0.4, 0.5) is 0 Å². The van der Waals surface area contributed by atoms with Crippen molar-refractivity contribution in [3.63, 3.8) is 0 Å². The van der Waals surface area contributed by atoms with E-state index in [1.807, 2.05) is 72.2 Å². The molecule has 168 valence electrons. The SMILES string of the molecule is CC(Sc1nnc(Cc2ccccc2)n1-c1ccccc1)C(=O)N(C)C1CCS(=O)(=O)C1. The second-order valence-corrected chi connectivity index (χ2v) is 11.5. The Morgan fingerprint density at radius 3 is 2.41 bits per heavy atom. The summed E-state index contributed by atoms with van der Waals surface area (Å²) in [6.45, 7) is 1.83. The van der Waals surface area contributed by atoms with Gasteiger partial charge in [-0.25, -0.2) is 8.42 Å². The van der Waals surface area contributed by atoms with Gasteiger partial charge in [-0.1, -0.05) is 60.3 Å². The van der Waals surface area contributed by atoms with E-state index in [1.54, 1.807) is 11.9 Å². The van der Waals surface area contributed by atoms with Crippen molar-refractivity contribution in [1.82, 2.24) is 19.7 Å². The van der Waals surface area contributed by atoms with Crippen molar-refractivity contribution < 1.29 is 13.2 Å². The molecule has 1 saturated heterocycles. The fourth-order valence-corrected chi connectivity index (χ4v) is 6.62. The normalized spacial score (nSPS) is 18.4. The van der Waals surface area contributed by atoms with Crippen LogP contribution >= 0.6 is 11.8 Å².